The highest BCUT2D eigenvalue weighted by molar-refractivity contribution is 7.92. The first-order valence-electron chi connectivity index (χ1n) is 12.6. The minimum Gasteiger partial charge on any atom is -0.368 e. The highest BCUT2D eigenvalue weighted by atomic mass is 32.2. The maximum absolute atomic E-state index is 14.7. The Labute approximate surface area is 227 Å². The zero-order valence-corrected chi connectivity index (χ0v) is 22.3. The van der Waals surface area contributed by atoms with E-state index >= 15 is 0 Å². The molecular formula is C27H28F7NO4S. The Morgan fingerprint density at radius 3 is 2.00 bits per heavy atom. The van der Waals surface area contributed by atoms with Crippen LogP contribution in [0.25, 0.3) is 0 Å². The molecule has 1 saturated heterocycles. The summed E-state index contributed by atoms with van der Waals surface area (Å²) in [6.07, 6.45) is -7.37. The van der Waals surface area contributed by atoms with Gasteiger partial charge < -0.3 is 9.64 Å². The van der Waals surface area contributed by atoms with Crippen LogP contribution < -0.4 is 0 Å². The Morgan fingerprint density at radius 2 is 1.50 bits per heavy atom. The highest BCUT2D eigenvalue weighted by Crippen LogP contribution is 2.49. The minimum atomic E-state index is -5.94. The summed E-state index contributed by atoms with van der Waals surface area (Å²) in [4.78, 5) is 14.7. The molecule has 4 rings (SSSR count). The van der Waals surface area contributed by atoms with Crippen LogP contribution in [0, 0.1) is 5.82 Å². The van der Waals surface area contributed by atoms with Crippen molar-refractivity contribution in [2.75, 3.05) is 20.2 Å². The van der Waals surface area contributed by atoms with E-state index in [1.54, 1.807) is 0 Å². The third-order valence-corrected chi connectivity index (χ3v) is 10.6. The van der Waals surface area contributed by atoms with Crippen LogP contribution in [0.1, 0.15) is 49.7 Å². The second-order valence-corrected chi connectivity index (χ2v) is 12.5. The number of sulfone groups is 1. The lowest BCUT2D eigenvalue weighted by Gasteiger charge is -2.38. The van der Waals surface area contributed by atoms with E-state index < -0.39 is 62.3 Å². The van der Waals surface area contributed by atoms with Gasteiger partial charge in [0.15, 0.2) is 9.84 Å². The number of amides is 1. The lowest BCUT2D eigenvalue weighted by molar-refractivity contribution is -0.274. The SMILES string of the molecule is COC1(C(=O)N2CCC(c3ccc(C(F)(C(F)F)C(F)(F)F)cc3)(S(=O)(=O)c3ccc(F)cc3)C2)CCCCC1. The molecule has 2 aromatic rings. The molecule has 0 spiro atoms. The summed E-state index contributed by atoms with van der Waals surface area (Å²) >= 11 is 0. The minimum absolute atomic E-state index is 0.0568. The first kappa shape index (κ1) is 30.3. The van der Waals surface area contributed by atoms with E-state index in [4.69, 9.17) is 4.74 Å². The fourth-order valence-corrected chi connectivity index (χ4v) is 7.83. The van der Waals surface area contributed by atoms with Gasteiger partial charge in [-0.15, -0.1) is 0 Å². The number of hydrogen-bond acceptors (Lipinski definition) is 4. The number of hydrogen-bond donors (Lipinski definition) is 0. The van der Waals surface area contributed by atoms with Gasteiger partial charge in [-0.05, 0) is 49.1 Å². The Hall–Kier alpha value is -2.67. The Morgan fingerprint density at radius 1 is 0.925 bits per heavy atom. The normalized spacial score (nSPS) is 23.3. The largest absolute Gasteiger partial charge is 0.432 e. The predicted molar refractivity (Wildman–Crippen MR) is 131 cm³/mol. The van der Waals surface area contributed by atoms with E-state index in [9.17, 15) is 43.9 Å². The number of rotatable bonds is 7. The monoisotopic (exact) mass is 595 g/mol. The summed E-state index contributed by atoms with van der Waals surface area (Å²) in [6, 6.07) is 6.59. The summed E-state index contributed by atoms with van der Waals surface area (Å²) in [5.41, 5.74) is -7.64. The molecule has 0 bridgehead atoms. The van der Waals surface area contributed by atoms with Gasteiger partial charge in [-0.3, -0.25) is 4.79 Å². The highest BCUT2D eigenvalue weighted by Gasteiger charge is 2.64. The van der Waals surface area contributed by atoms with Gasteiger partial charge in [0.25, 0.3) is 18.0 Å². The number of nitrogens with zero attached hydrogens (tertiary/aromatic N) is 1. The van der Waals surface area contributed by atoms with Gasteiger partial charge in [0.1, 0.15) is 16.2 Å². The fourth-order valence-electron chi connectivity index (χ4n) is 5.75. The molecule has 0 N–H and O–H groups in total. The molecule has 1 aliphatic heterocycles. The molecular weight excluding hydrogens is 567 g/mol. The summed E-state index contributed by atoms with van der Waals surface area (Å²) < 4.78 is 127. The third-order valence-electron chi connectivity index (χ3n) is 8.14. The zero-order chi connectivity index (χ0) is 29.6. The summed E-state index contributed by atoms with van der Waals surface area (Å²) in [5, 5.41) is 0. The van der Waals surface area contributed by atoms with Crippen molar-refractivity contribution in [2.24, 2.45) is 0 Å². The topological polar surface area (TPSA) is 63.7 Å². The van der Waals surface area contributed by atoms with E-state index in [0.29, 0.717) is 25.0 Å². The van der Waals surface area contributed by atoms with Crippen molar-refractivity contribution < 1.29 is 48.7 Å². The molecule has 5 nitrogen and oxygen atoms in total. The van der Waals surface area contributed by atoms with Crippen molar-refractivity contribution in [2.45, 2.75) is 72.0 Å². The molecule has 1 saturated carbocycles. The van der Waals surface area contributed by atoms with Crippen LogP contribution in [-0.2, 0) is 29.8 Å². The summed E-state index contributed by atoms with van der Waals surface area (Å²) in [5.74, 6) is -1.14. The number of ether oxygens (including phenoxy) is 1. The summed E-state index contributed by atoms with van der Waals surface area (Å²) in [6.45, 7) is -0.483. The molecule has 13 heteroatoms. The molecule has 1 aliphatic carbocycles. The zero-order valence-electron chi connectivity index (χ0n) is 21.5. The number of alkyl halides is 6. The number of halogens is 7. The van der Waals surface area contributed by atoms with Crippen molar-refractivity contribution in [1.82, 2.24) is 4.90 Å². The van der Waals surface area contributed by atoms with Crippen LogP contribution in [0.4, 0.5) is 30.7 Å². The fraction of sp³-hybridized carbons (Fsp3) is 0.519. The van der Waals surface area contributed by atoms with E-state index in [1.807, 2.05) is 0 Å². The smallest absolute Gasteiger partial charge is 0.368 e. The van der Waals surface area contributed by atoms with Crippen molar-refractivity contribution in [1.29, 1.82) is 0 Å². The van der Waals surface area contributed by atoms with E-state index in [-0.39, 0.29) is 23.4 Å². The quantitative estimate of drug-likeness (QED) is 0.288. The lowest BCUT2D eigenvalue weighted by Crippen LogP contribution is -2.52. The van der Waals surface area contributed by atoms with E-state index in [2.05, 4.69) is 0 Å². The Bertz CT molecular complexity index is 1330. The van der Waals surface area contributed by atoms with Crippen molar-refractivity contribution in [3.63, 3.8) is 0 Å². The molecule has 40 heavy (non-hydrogen) atoms. The van der Waals surface area contributed by atoms with Crippen LogP contribution in [0.3, 0.4) is 0 Å². The first-order valence-corrected chi connectivity index (χ1v) is 14.1. The molecule has 0 radical (unpaired) electrons. The molecule has 2 aromatic carbocycles. The molecule has 220 valence electrons. The van der Waals surface area contributed by atoms with Crippen molar-refractivity contribution >= 4 is 15.7 Å². The molecule has 1 heterocycles. The Kier molecular flexibility index (Phi) is 8.05. The second kappa shape index (κ2) is 10.6. The maximum atomic E-state index is 14.7. The molecule has 1 amide bonds. The molecule has 2 unspecified atom stereocenters. The standard InChI is InChI=1S/C27H28F7NO4S/c1-39-24(13-3-2-4-14-24)23(36)35-16-15-25(17-35,40(37,38)21-11-9-20(28)10-12-21)18-5-7-19(8-6-18)26(31,22(29)30)27(32,33)34/h5-12,22H,2-4,13-17H2,1H3. The van der Waals surface area contributed by atoms with Gasteiger partial charge in [0.05, 0.1) is 4.90 Å². The van der Waals surface area contributed by atoms with Gasteiger partial charge in [0, 0.05) is 25.8 Å². The first-order chi connectivity index (χ1) is 18.6. The Balaban J connectivity index is 1.81. The third kappa shape index (κ3) is 4.78. The second-order valence-electron chi connectivity index (χ2n) is 10.3. The molecule has 2 aliphatic rings. The number of carbonyl (C=O) groups is 1. The predicted octanol–water partition coefficient (Wildman–Crippen LogP) is 6.07. The summed E-state index contributed by atoms with van der Waals surface area (Å²) in [7, 11) is -3.06. The van der Waals surface area contributed by atoms with Gasteiger partial charge >= 0.3 is 6.18 Å². The number of carbonyl (C=O) groups excluding carboxylic acids is 1. The van der Waals surface area contributed by atoms with Gasteiger partial charge in [-0.25, -0.2) is 26.0 Å². The van der Waals surface area contributed by atoms with Crippen LogP contribution in [0.2, 0.25) is 0 Å². The molecule has 0 aromatic heterocycles. The van der Waals surface area contributed by atoms with Gasteiger partial charge in [-0.2, -0.15) is 13.2 Å². The van der Waals surface area contributed by atoms with Crippen LogP contribution in [0.15, 0.2) is 53.4 Å². The van der Waals surface area contributed by atoms with Crippen LogP contribution in [0.5, 0.6) is 0 Å². The van der Waals surface area contributed by atoms with Crippen molar-refractivity contribution in [3.05, 3.63) is 65.5 Å². The number of likely N-dealkylation sites (tertiary alicyclic amines) is 1. The molecule has 2 fully saturated rings. The van der Waals surface area contributed by atoms with Crippen LogP contribution in [-0.4, -0.2) is 57.6 Å². The van der Waals surface area contributed by atoms with Gasteiger partial charge in [-0.1, -0.05) is 43.5 Å². The molecule has 2 atom stereocenters. The van der Waals surface area contributed by atoms with E-state index in [0.717, 1.165) is 55.7 Å². The van der Waals surface area contributed by atoms with Crippen molar-refractivity contribution in [3.8, 4) is 0 Å². The lowest BCUT2D eigenvalue weighted by atomic mass is 9.83. The maximum Gasteiger partial charge on any atom is 0.432 e. The number of methoxy groups -OCH3 is 1. The van der Waals surface area contributed by atoms with E-state index in [1.165, 1.54) is 12.0 Å². The van der Waals surface area contributed by atoms with Crippen LogP contribution >= 0.6 is 0 Å². The van der Waals surface area contributed by atoms with Gasteiger partial charge in [0.2, 0.25) is 0 Å². The number of benzene rings is 2. The average Bonchev–Trinajstić information content (AvgIpc) is 3.39. The average molecular weight is 596 g/mol.